The number of hydrogen-bond acceptors (Lipinski definition) is 4. The Morgan fingerprint density at radius 3 is 2.50 bits per heavy atom. The Bertz CT molecular complexity index is 211. The van der Waals surface area contributed by atoms with Crippen molar-refractivity contribution in [3.8, 4) is 0 Å². The molecule has 0 aromatic rings. The molecule has 3 rings (SSSR count). The fourth-order valence-electron chi connectivity index (χ4n) is 2.54. The van der Waals surface area contributed by atoms with Crippen LogP contribution < -0.4 is 5.32 Å². The number of nitrogens with one attached hydrogen (secondary N) is 1. The molecule has 3 aliphatic rings. The smallest absolute Gasteiger partial charge is 0.170 e. The summed E-state index contributed by atoms with van der Waals surface area (Å²) >= 11 is 0. The molecule has 80 valence electrons. The van der Waals surface area contributed by atoms with Crippen LogP contribution in [0.1, 0.15) is 19.3 Å². The van der Waals surface area contributed by atoms with Crippen LogP contribution in [0.4, 0.5) is 0 Å². The second-order valence-corrected chi connectivity index (χ2v) is 4.45. The van der Waals surface area contributed by atoms with E-state index in [0.717, 1.165) is 45.7 Å². The van der Waals surface area contributed by atoms with E-state index in [9.17, 15) is 0 Å². The summed E-state index contributed by atoms with van der Waals surface area (Å²) in [5.41, 5.74) is 0. The van der Waals surface area contributed by atoms with Crippen molar-refractivity contribution >= 4 is 0 Å². The Morgan fingerprint density at radius 1 is 1.07 bits per heavy atom. The van der Waals surface area contributed by atoms with Crippen LogP contribution in [0.3, 0.4) is 0 Å². The van der Waals surface area contributed by atoms with Crippen molar-refractivity contribution in [3.63, 3.8) is 0 Å². The van der Waals surface area contributed by atoms with Gasteiger partial charge in [-0.3, -0.25) is 0 Å². The van der Waals surface area contributed by atoms with Gasteiger partial charge < -0.3 is 19.5 Å². The zero-order valence-electron chi connectivity index (χ0n) is 8.33. The lowest BCUT2D eigenvalue weighted by Gasteiger charge is -2.30. The molecule has 1 aliphatic carbocycles. The summed E-state index contributed by atoms with van der Waals surface area (Å²) in [5, 5.41) is 3.58. The summed E-state index contributed by atoms with van der Waals surface area (Å²) < 4.78 is 16.5. The molecule has 0 bridgehead atoms. The van der Waals surface area contributed by atoms with E-state index in [1.807, 2.05) is 0 Å². The average Bonchev–Trinajstić information content (AvgIpc) is 2.71. The Hall–Kier alpha value is -0.160. The average molecular weight is 199 g/mol. The molecule has 4 nitrogen and oxygen atoms in total. The van der Waals surface area contributed by atoms with Crippen molar-refractivity contribution in [2.75, 3.05) is 26.4 Å². The van der Waals surface area contributed by atoms with Gasteiger partial charge in [0.05, 0.1) is 32.5 Å². The predicted octanol–water partition coefficient (Wildman–Crippen LogP) is 0.270. The van der Waals surface area contributed by atoms with Gasteiger partial charge >= 0.3 is 0 Å². The highest BCUT2D eigenvalue weighted by molar-refractivity contribution is 4.92. The molecule has 2 heterocycles. The predicted molar refractivity (Wildman–Crippen MR) is 50.0 cm³/mol. The van der Waals surface area contributed by atoms with Crippen LogP contribution in [0, 0.1) is 0 Å². The van der Waals surface area contributed by atoms with Gasteiger partial charge in [-0.25, -0.2) is 0 Å². The zero-order chi connectivity index (χ0) is 9.43. The first-order valence-electron chi connectivity index (χ1n) is 5.48. The van der Waals surface area contributed by atoms with Gasteiger partial charge in [0.2, 0.25) is 0 Å². The lowest BCUT2D eigenvalue weighted by molar-refractivity contribution is -0.151. The van der Waals surface area contributed by atoms with Gasteiger partial charge in [0, 0.05) is 18.9 Å². The second-order valence-electron chi connectivity index (χ2n) is 4.45. The van der Waals surface area contributed by atoms with Crippen molar-refractivity contribution in [2.24, 2.45) is 0 Å². The summed E-state index contributed by atoms with van der Waals surface area (Å²) in [7, 11) is 0. The van der Waals surface area contributed by atoms with Gasteiger partial charge in [0.15, 0.2) is 5.79 Å². The van der Waals surface area contributed by atoms with E-state index in [4.69, 9.17) is 14.2 Å². The molecule has 1 spiro atoms. The van der Waals surface area contributed by atoms with E-state index >= 15 is 0 Å². The van der Waals surface area contributed by atoms with Crippen LogP contribution in [0.15, 0.2) is 0 Å². The lowest BCUT2D eigenvalue weighted by atomic mass is 10.1. The maximum atomic E-state index is 5.67. The molecule has 0 aromatic heterocycles. The molecule has 1 N–H and O–H groups in total. The van der Waals surface area contributed by atoms with Crippen LogP contribution >= 0.6 is 0 Å². The standard InChI is InChI=1S/C10H17NO3/c1-2-10(13-3-4-14-10)5-8(1)11-9-6-12-7-9/h8-9,11H,1-7H2. The highest BCUT2D eigenvalue weighted by Gasteiger charge is 2.44. The summed E-state index contributed by atoms with van der Waals surface area (Å²) in [6.07, 6.45) is 3.21. The van der Waals surface area contributed by atoms with Crippen molar-refractivity contribution in [1.29, 1.82) is 0 Å². The monoisotopic (exact) mass is 199 g/mol. The molecular formula is C10H17NO3. The number of ether oxygens (including phenoxy) is 3. The van der Waals surface area contributed by atoms with Crippen LogP contribution in [0.25, 0.3) is 0 Å². The fraction of sp³-hybridized carbons (Fsp3) is 1.00. The third-order valence-electron chi connectivity index (χ3n) is 3.35. The van der Waals surface area contributed by atoms with E-state index in [-0.39, 0.29) is 5.79 Å². The first-order chi connectivity index (χ1) is 6.86. The van der Waals surface area contributed by atoms with Crippen molar-refractivity contribution in [1.82, 2.24) is 5.32 Å². The Balaban J connectivity index is 1.53. The molecule has 4 heteroatoms. The topological polar surface area (TPSA) is 39.7 Å². The lowest BCUT2D eigenvalue weighted by Crippen LogP contribution is -2.50. The summed E-state index contributed by atoms with van der Waals surface area (Å²) in [4.78, 5) is 0. The first-order valence-corrected chi connectivity index (χ1v) is 5.48. The van der Waals surface area contributed by atoms with Gasteiger partial charge in [-0.05, 0) is 6.42 Å². The van der Waals surface area contributed by atoms with E-state index in [2.05, 4.69) is 5.32 Å². The first kappa shape index (κ1) is 9.09. The zero-order valence-corrected chi connectivity index (χ0v) is 8.33. The summed E-state index contributed by atoms with van der Waals surface area (Å²) in [6, 6.07) is 1.12. The molecule has 2 aliphatic heterocycles. The Kier molecular flexibility index (Phi) is 2.24. The van der Waals surface area contributed by atoms with Crippen LogP contribution in [-0.2, 0) is 14.2 Å². The summed E-state index contributed by atoms with van der Waals surface area (Å²) in [6.45, 7) is 3.26. The molecule has 1 unspecified atom stereocenters. The van der Waals surface area contributed by atoms with Crippen LogP contribution in [0.5, 0.6) is 0 Å². The maximum Gasteiger partial charge on any atom is 0.170 e. The molecule has 3 fully saturated rings. The van der Waals surface area contributed by atoms with Crippen LogP contribution in [0.2, 0.25) is 0 Å². The quantitative estimate of drug-likeness (QED) is 0.693. The minimum atomic E-state index is -0.234. The fourth-order valence-corrected chi connectivity index (χ4v) is 2.54. The molecular weight excluding hydrogens is 182 g/mol. The van der Waals surface area contributed by atoms with Gasteiger partial charge in [-0.1, -0.05) is 0 Å². The van der Waals surface area contributed by atoms with E-state index in [1.54, 1.807) is 0 Å². The molecule has 1 saturated carbocycles. The third kappa shape index (κ3) is 1.56. The highest BCUT2D eigenvalue weighted by Crippen LogP contribution is 2.37. The molecule has 0 radical (unpaired) electrons. The molecule has 0 aromatic carbocycles. The highest BCUT2D eigenvalue weighted by atomic mass is 16.7. The molecule has 1 atom stereocenters. The van der Waals surface area contributed by atoms with Crippen molar-refractivity contribution in [2.45, 2.75) is 37.1 Å². The SMILES string of the molecule is C1COC2(CCC(NC3COC3)C2)O1. The van der Waals surface area contributed by atoms with Crippen molar-refractivity contribution < 1.29 is 14.2 Å². The van der Waals surface area contributed by atoms with Gasteiger partial charge in [-0.15, -0.1) is 0 Å². The molecule has 2 saturated heterocycles. The number of rotatable bonds is 2. The Labute approximate surface area is 83.9 Å². The normalized spacial score (nSPS) is 36.4. The van der Waals surface area contributed by atoms with Gasteiger partial charge in [0.25, 0.3) is 0 Å². The third-order valence-corrected chi connectivity index (χ3v) is 3.35. The maximum absolute atomic E-state index is 5.67. The van der Waals surface area contributed by atoms with E-state index < -0.39 is 0 Å². The largest absolute Gasteiger partial charge is 0.378 e. The minimum Gasteiger partial charge on any atom is -0.378 e. The second kappa shape index (κ2) is 3.45. The van der Waals surface area contributed by atoms with Crippen molar-refractivity contribution in [3.05, 3.63) is 0 Å². The molecule has 14 heavy (non-hydrogen) atoms. The van der Waals surface area contributed by atoms with Gasteiger partial charge in [0.1, 0.15) is 0 Å². The van der Waals surface area contributed by atoms with E-state index in [1.165, 1.54) is 0 Å². The summed E-state index contributed by atoms with van der Waals surface area (Å²) in [5.74, 6) is -0.234. The van der Waals surface area contributed by atoms with Crippen LogP contribution in [-0.4, -0.2) is 44.3 Å². The molecule has 0 amide bonds. The number of hydrogen-bond donors (Lipinski definition) is 1. The Morgan fingerprint density at radius 2 is 1.86 bits per heavy atom. The van der Waals surface area contributed by atoms with Gasteiger partial charge in [-0.2, -0.15) is 0 Å². The van der Waals surface area contributed by atoms with E-state index in [0.29, 0.717) is 12.1 Å². The minimum absolute atomic E-state index is 0.234.